The molecule has 0 unspecified atom stereocenters. The number of hydrogen-bond acceptors (Lipinski definition) is 6. The fraction of sp³-hybridized carbons (Fsp3) is 0. The topological polar surface area (TPSA) is 104 Å². The molecule has 16 heavy (non-hydrogen) atoms. The third kappa shape index (κ3) is 37.0. The van der Waals surface area contributed by atoms with Crippen LogP contribution in [0.5, 0.6) is 0 Å². The van der Waals surface area contributed by atoms with E-state index < -0.39 is 0 Å². The zero-order valence-corrected chi connectivity index (χ0v) is 13.1. The summed E-state index contributed by atoms with van der Waals surface area (Å²) in [5.41, 5.74) is 20.1. The lowest BCUT2D eigenvalue weighted by molar-refractivity contribution is 1.89. The smallest absolute Gasteiger partial charge is 0.138 e. The Morgan fingerprint density at radius 1 is 0.625 bits per heavy atom. The van der Waals surface area contributed by atoms with Crippen LogP contribution in [0.15, 0.2) is 13.2 Å². The first-order valence-electron chi connectivity index (χ1n) is 3.29. The monoisotopic (exact) mass is 332 g/mol. The largest absolute Gasteiger partial charge is 0.384 e. The molecule has 92 valence electrons. The summed E-state index contributed by atoms with van der Waals surface area (Å²) in [5, 5.41) is 0. The van der Waals surface area contributed by atoms with Crippen LogP contribution in [0, 0.1) is 0 Å². The normalized spacial score (nSPS) is 7.25. The van der Waals surface area contributed by atoms with Gasteiger partial charge in [-0.1, -0.05) is 48.9 Å². The first kappa shape index (κ1) is 21.3. The second-order valence-electron chi connectivity index (χ2n) is 1.48. The van der Waals surface area contributed by atoms with Crippen LogP contribution >= 0.6 is 72.4 Å². The van der Waals surface area contributed by atoms with Crippen molar-refractivity contribution in [3.63, 3.8) is 0 Å². The van der Waals surface area contributed by atoms with Crippen LogP contribution in [0.2, 0.25) is 0 Å². The summed E-state index contributed by atoms with van der Waals surface area (Å²) in [6, 6.07) is 0. The lowest BCUT2D eigenvalue weighted by Gasteiger charge is -1.88. The van der Waals surface area contributed by atoms with Gasteiger partial charge in [-0.2, -0.15) is 0 Å². The number of thiocarbonyl (C=S) groups is 4. The van der Waals surface area contributed by atoms with Crippen LogP contribution in [0.4, 0.5) is 0 Å². The second-order valence-corrected chi connectivity index (χ2v) is 6.44. The summed E-state index contributed by atoms with van der Waals surface area (Å²) >= 11 is 19.8. The Balaban J connectivity index is -0.000000183. The molecule has 0 fully saturated rings. The van der Waals surface area contributed by atoms with Crippen molar-refractivity contribution in [2.75, 3.05) is 0 Å². The molecule has 0 spiro atoms. The number of hydrogen-bond donors (Lipinski definition) is 4. The van der Waals surface area contributed by atoms with Gasteiger partial charge in [0.05, 0.1) is 0 Å². The first-order chi connectivity index (χ1) is 7.25. The summed E-state index contributed by atoms with van der Waals surface area (Å²) in [6.07, 6.45) is 0. The second kappa shape index (κ2) is 15.0. The molecule has 8 N–H and O–H groups in total. The Morgan fingerprint density at radius 2 is 0.750 bits per heavy atom. The van der Waals surface area contributed by atoms with E-state index in [2.05, 4.69) is 62.0 Å². The average molecular weight is 333 g/mol. The predicted molar refractivity (Wildman–Crippen MR) is 93.6 cm³/mol. The van der Waals surface area contributed by atoms with Gasteiger partial charge in [-0.15, -0.1) is 13.2 Å². The van der Waals surface area contributed by atoms with E-state index in [1.807, 2.05) is 0 Å². The summed E-state index contributed by atoms with van der Waals surface area (Å²) in [4.78, 5) is 0. The Morgan fingerprint density at radius 3 is 0.750 bits per heavy atom. The molecular formula is C6H12N4S6. The predicted octanol–water partition coefficient (Wildman–Crippen LogP) is 1.22. The van der Waals surface area contributed by atoms with Gasteiger partial charge in [0, 0.05) is 0 Å². The van der Waals surface area contributed by atoms with E-state index in [4.69, 9.17) is 22.9 Å². The minimum atomic E-state index is 0.271. The Hall–Kier alpha value is -0.000000000000000222. The van der Waals surface area contributed by atoms with Crippen LogP contribution < -0.4 is 22.9 Å². The average Bonchev–Trinajstić information content (AvgIpc) is 2.03. The van der Waals surface area contributed by atoms with Gasteiger partial charge in [0.25, 0.3) is 0 Å². The highest BCUT2D eigenvalue weighted by molar-refractivity contribution is 8.38. The van der Waals surface area contributed by atoms with Crippen molar-refractivity contribution in [3.05, 3.63) is 13.2 Å². The zero-order chi connectivity index (χ0) is 13.7. The van der Waals surface area contributed by atoms with Crippen molar-refractivity contribution in [2.24, 2.45) is 22.9 Å². The van der Waals surface area contributed by atoms with E-state index in [0.717, 1.165) is 23.5 Å². The summed E-state index contributed by atoms with van der Waals surface area (Å²) < 4.78 is 1.08. The molecule has 0 aromatic rings. The van der Waals surface area contributed by atoms with Gasteiger partial charge in [0.15, 0.2) is 0 Å². The van der Waals surface area contributed by atoms with Gasteiger partial charge in [0.2, 0.25) is 0 Å². The molecule has 10 heteroatoms. The van der Waals surface area contributed by atoms with Crippen molar-refractivity contribution in [1.82, 2.24) is 0 Å². The molecule has 0 saturated carbocycles. The van der Waals surface area contributed by atoms with Crippen molar-refractivity contribution >= 4 is 89.7 Å². The fourth-order valence-corrected chi connectivity index (χ4v) is 1.99. The lowest BCUT2D eigenvalue weighted by Crippen LogP contribution is -2.11. The molecule has 0 aliphatic rings. The maximum absolute atomic E-state index is 5.02. The van der Waals surface area contributed by atoms with Crippen molar-refractivity contribution in [2.45, 2.75) is 0 Å². The van der Waals surface area contributed by atoms with E-state index in [9.17, 15) is 0 Å². The standard InChI is InChI=1S/2C2H4N2S3.C2H4/c2*3-1(5)7-2(4)6;1-2/h2*(H2,3,5)(H2,4,6);1-2H2. The Kier molecular flexibility index (Phi) is 20.0. The number of thioether (sulfide) groups is 2. The van der Waals surface area contributed by atoms with E-state index in [-0.39, 0.29) is 17.3 Å². The molecule has 0 aromatic heterocycles. The zero-order valence-electron chi connectivity index (χ0n) is 8.17. The minimum absolute atomic E-state index is 0.271. The molecule has 4 nitrogen and oxygen atoms in total. The van der Waals surface area contributed by atoms with E-state index in [1.54, 1.807) is 0 Å². The highest BCUT2D eigenvalue weighted by Gasteiger charge is 1.89. The highest BCUT2D eigenvalue weighted by Crippen LogP contribution is 1.97. The van der Waals surface area contributed by atoms with Crippen LogP contribution in [0.1, 0.15) is 0 Å². The molecular weight excluding hydrogens is 320 g/mol. The van der Waals surface area contributed by atoms with Crippen LogP contribution in [0.3, 0.4) is 0 Å². The quantitative estimate of drug-likeness (QED) is 0.382. The summed E-state index contributed by atoms with van der Waals surface area (Å²) in [5.74, 6) is 0. The van der Waals surface area contributed by atoms with E-state index in [1.165, 1.54) is 0 Å². The maximum atomic E-state index is 5.02. The first-order valence-corrected chi connectivity index (χ1v) is 6.55. The molecule has 0 saturated heterocycles. The lowest BCUT2D eigenvalue weighted by atomic mass is 11.3. The van der Waals surface area contributed by atoms with Crippen LogP contribution in [0.25, 0.3) is 0 Å². The molecule has 0 rings (SSSR count). The minimum Gasteiger partial charge on any atom is -0.384 e. The SMILES string of the molecule is C=C.NC(=S)SC(N)=S.NC(=S)SC(N)=S. The maximum Gasteiger partial charge on any atom is 0.138 e. The number of rotatable bonds is 0. The van der Waals surface area contributed by atoms with Crippen molar-refractivity contribution in [1.29, 1.82) is 0 Å². The highest BCUT2D eigenvalue weighted by atomic mass is 32.2. The Labute approximate surface area is 125 Å². The van der Waals surface area contributed by atoms with E-state index >= 15 is 0 Å². The summed E-state index contributed by atoms with van der Waals surface area (Å²) in [6.45, 7) is 6.00. The van der Waals surface area contributed by atoms with Crippen LogP contribution in [-0.4, -0.2) is 17.3 Å². The molecule has 0 heterocycles. The fourth-order valence-electron chi connectivity index (χ4n) is 0.198. The molecule has 0 aromatic carbocycles. The molecule has 0 amide bonds. The summed E-state index contributed by atoms with van der Waals surface area (Å²) in [7, 11) is 0. The molecule has 0 aliphatic carbocycles. The molecule has 0 bridgehead atoms. The van der Waals surface area contributed by atoms with Gasteiger partial charge < -0.3 is 22.9 Å². The number of nitrogens with two attached hydrogens (primary N) is 4. The van der Waals surface area contributed by atoms with Crippen LogP contribution in [-0.2, 0) is 0 Å². The van der Waals surface area contributed by atoms with Gasteiger partial charge >= 0.3 is 0 Å². The van der Waals surface area contributed by atoms with Gasteiger partial charge in [-0.05, 0) is 23.5 Å². The molecule has 0 aliphatic heterocycles. The molecule has 0 atom stereocenters. The van der Waals surface area contributed by atoms with Crippen molar-refractivity contribution < 1.29 is 0 Å². The van der Waals surface area contributed by atoms with Gasteiger partial charge in [0.1, 0.15) is 17.3 Å². The Bertz CT molecular complexity index is 216. The van der Waals surface area contributed by atoms with Crippen molar-refractivity contribution in [3.8, 4) is 0 Å². The van der Waals surface area contributed by atoms with Gasteiger partial charge in [-0.25, -0.2) is 0 Å². The third-order valence-corrected chi connectivity index (χ3v) is 2.21. The molecule has 0 radical (unpaired) electrons. The van der Waals surface area contributed by atoms with Gasteiger partial charge in [-0.3, -0.25) is 0 Å². The third-order valence-electron chi connectivity index (χ3n) is 0.402. The van der Waals surface area contributed by atoms with E-state index in [0.29, 0.717) is 0 Å².